The maximum atomic E-state index is 14.3. The Labute approximate surface area is 210 Å². The van der Waals surface area contributed by atoms with Crippen LogP contribution in [0.1, 0.15) is 31.9 Å². The van der Waals surface area contributed by atoms with E-state index in [0.29, 0.717) is 6.42 Å². The molecule has 3 heterocycles. The number of allylic oxidation sites excluding steroid dienone is 1. The predicted molar refractivity (Wildman–Crippen MR) is 128 cm³/mol. The molecule has 0 saturated carbocycles. The lowest BCUT2D eigenvalue weighted by Gasteiger charge is -2.40. The molecular formula is C24H24F3N7O3. The number of hydrogen-bond acceptors (Lipinski definition) is 7. The molecule has 13 heteroatoms. The molecule has 0 aliphatic carbocycles. The van der Waals surface area contributed by atoms with Crippen LogP contribution in [0.15, 0.2) is 51.7 Å². The molecule has 0 radical (unpaired) electrons. The number of hydrazone groups is 1. The number of benzene rings is 1. The smallest absolute Gasteiger partial charge is 0.341 e. The number of halogens is 3. The first-order valence-corrected chi connectivity index (χ1v) is 11.2. The van der Waals surface area contributed by atoms with E-state index in [1.54, 1.807) is 0 Å². The average Bonchev–Trinajstić information content (AvgIpc) is 3.26. The first kappa shape index (κ1) is 25.7. The normalized spacial score (nSPS) is 18.5. The molecule has 1 unspecified atom stereocenters. The summed E-state index contributed by atoms with van der Waals surface area (Å²) in [6.45, 7) is 3.25. The van der Waals surface area contributed by atoms with E-state index in [1.165, 1.54) is 31.0 Å². The number of hydrogen-bond donors (Lipinski definition) is 2. The minimum Gasteiger partial charge on any atom is -0.468 e. The number of carbonyl (C=O) groups excluding carboxylic acids is 2. The van der Waals surface area contributed by atoms with E-state index >= 15 is 0 Å². The monoisotopic (exact) mass is 515 g/mol. The van der Waals surface area contributed by atoms with Crippen molar-refractivity contribution in [3.8, 4) is 5.88 Å². The zero-order valence-corrected chi connectivity index (χ0v) is 20.0. The fourth-order valence-corrected chi connectivity index (χ4v) is 4.06. The van der Waals surface area contributed by atoms with Crippen molar-refractivity contribution in [2.45, 2.75) is 32.4 Å². The van der Waals surface area contributed by atoms with E-state index < -0.39 is 41.5 Å². The summed E-state index contributed by atoms with van der Waals surface area (Å²) in [5.41, 5.74) is 11.7. The number of amides is 3. The zero-order valence-electron chi connectivity index (χ0n) is 20.0. The number of aliphatic imine (C=N–C) groups is 1. The average molecular weight is 515 g/mol. The third kappa shape index (κ3) is 5.55. The number of primary amides is 1. The number of likely N-dealkylation sites (tertiary alicyclic amines) is 1. The van der Waals surface area contributed by atoms with Gasteiger partial charge in [-0.15, -0.1) is 0 Å². The van der Waals surface area contributed by atoms with Gasteiger partial charge < -0.3 is 21.1 Å². The number of pyridine rings is 1. The summed E-state index contributed by atoms with van der Waals surface area (Å²) in [5.74, 6) is -3.25. The molecule has 4 N–H and O–H groups in total. The molecule has 2 aromatic rings. The highest BCUT2D eigenvalue weighted by Gasteiger charge is 2.39. The van der Waals surface area contributed by atoms with Gasteiger partial charge in [0.05, 0.1) is 30.4 Å². The Kier molecular flexibility index (Phi) is 7.14. The predicted octanol–water partition coefficient (Wildman–Crippen LogP) is 2.93. The standard InChI is InChI=1S/C24H24F3N7O3/c1-12(28)21(22(29)35)13(2)31-20-4-3-18(27)23(32-20)37-17-10-33(11-17)24(36)34-19(5-6-30-34)14-7-15(25)9-16(26)8-14/h3-4,6-9,17,19H,5,10-11,28H2,1-2H3,(H2,29,35). The van der Waals surface area contributed by atoms with Crippen LogP contribution >= 0.6 is 0 Å². The van der Waals surface area contributed by atoms with Crippen LogP contribution in [-0.4, -0.2) is 58.0 Å². The molecule has 1 aromatic heterocycles. The highest BCUT2D eigenvalue weighted by molar-refractivity contribution is 6.21. The van der Waals surface area contributed by atoms with Gasteiger partial charge in [-0.1, -0.05) is 0 Å². The molecule has 194 valence electrons. The highest BCUT2D eigenvalue weighted by Crippen LogP contribution is 2.32. The molecule has 1 fully saturated rings. The Hall–Kier alpha value is -4.42. The van der Waals surface area contributed by atoms with E-state index in [2.05, 4.69) is 15.1 Å². The maximum absolute atomic E-state index is 14.3. The summed E-state index contributed by atoms with van der Waals surface area (Å²) in [6.07, 6.45) is 1.24. The first-order valence-electron chi connectivity index (χ1n) is 11.2. The summed E-state index contributed by atoms with van der Waals surface area (Å²) >= 11 is 0. The van der Waals surface area contributed by atoms with E-state index in [4.69, 9.17) is 16.2 Å². The number of nitrogens with two attached hydrogens (primary N) is 2. The number of carbonyl (C=O) groups is 2. The minimum atomic E-state index is -0.758. The Balaban J connectivity index is 1.41. The largest absolute Gasteiger partial charge is 0.468 e. The molecule has 1 aromatic carbocycles. The lowest BCUT2D eigenvalue weighted by atomic mass is 10.0. The van der Waals surface area contributed by atoms with Crippen LogP contribution in [-0.2, 0) is 4.79 Å². The molecule has 10 nitrogen and oxygen atoms in total. The molecule has 1 atom stereocenters. The zero-order chi connectivity index (χ0) is 26.9. The molecule has 2 aliphatic heterocycles. The molecule has 2 aliphatic rings. The van der Waals surface area contributed by atoms with E-state index in [-0.39, 0.29) is 47.3 Å². The molecular weight excluding hydrogens is 491 g/mol. The topological polar surface area (TPSA) is 140 Å². The van der Waals surface area contributed by atoms with Crippen LogP contribution in [0, 0.1) is 17.5 Å². The van der Waals surface area contributed by atoms with Gasteiger partial charge in [-0.3, -0.25) is 4.79 Å². The molecule has 0 spiro atoms. The van der Waals surface area contributed by atoms with Gasteiger partial charge in [-0.25, -0.2) is 28.0 Å². The molecule has 0 bridgehead atoms. The lowest BCUT2D eigenvalue weighted by molar-refractivity contribution is -0.114. The van der Waals surface area contributed by atoms with Crippen molar-refractivity contribution in [3.63, 3.8) is 0 Å². The summed E-state index contributed by atoms with van der Waals surface area (Å²) < 4.78 is 47.3. The number of aromatic nitrogens is 1. The van der Waals surface area contributed by atoms with Crippen molar-refractivity contribution in [2.24, 2.45) is 21.6 Å². The van der Waals surface area contributed by atoms with Gasteiger partial charge >= 0.3 is 6.03 Å². The molecule has 4 rings (SSSR count). The number of ether oxygens (including phenoxy) is 1. The van der Waals surface area contributed by atoms with Crippen molar-refractivity contribution in [2.75, 3.05) is 13.1 Å². The quantitative estimate of drug-likeness (QED) is 0.450. The van der Waals surface area contributed by atoms with Gasteiger partial charge in [-0.2, -0.15) is 10.1 Å². The minimum absolute atomic E-state index is 0.0330. The third-order valence-electron chi connectivity index (χ3n) is 5.78. The second-order valence-electron chi connectivity index (χ2n) is 8.60. The van der Waals surface area contributed by atoms with Crippen LogP contribution in [0.5, 0.6) is 5.88 Å². The van der Waals surface area contributed by atoms with Crippen LogP contribution < -0.4 is 16.2 Å². The van der Waals surface area contributed by atoms with Crippen molar-refractivity contribution >= 4 is 29.7 Å². The van der Waals surface area contributed by atoms with Gasteiger partial charge in [0.25, 0.3) is 11.8 Å². The second-order valence-corrected chi connectivity index (χ2v) is 8.60. The fourth-order valence-electron chi connectivity index (χ4n) is 4.06. The van der Waals surface area contributed by atoms with Crippen LogP contribution in [0.25, 0.3) is 0 Å². The van der Waals surface area contributed by atoms with Crippen molar-refractivity contribution in [1.29, 1.82) is 0 Å². The number of urea groups is 1. The molecule has 37 heavy (non-hydrogen) atoms. The Morgan fingerprint density at radius 1 is 1.08 bits per heavy atom. The number of nitrogens with zero attached hydrogens (tertiary/aromatic N) is 5. The van der Waals surface area contributed by atoms with Gasteiger partial charge in [-0.05, 0) is 43.7 Å². The van der Waals surface area contributed by atoms with Gasteiger partial charge in [0.15, 0.2) is 11.6 Å². The highest BCUT2D eigenvalue weighted by atomic mass is 19.1. The summed E-state index contributed by atoms with van der Waals surface area (Å²) in [4.78, 5) is 34.2. The Morgan fingerprint density at radius 2 is 1.76 bits per heavy atom. The van der Waals surface area contributed by atoms with Crippen LogP contribution in [0.2, 0.25) is 0 Å². The molecule has 3 amide bonds. The Bertz CT molecular complexity index is 1310. The third-order valence-corrected chi connectivity index (χ3v) is 5.78. The van der Waals surface area contributed by atoms with Crippen molar-refractivity contribution in [1.82, 2.24) is 14.9 Å². The van der Waals surface area contributed by atoms with Gasteiger partial charge in [0, 0.05) is 24.4 Å². The van der Waals surface area contributed by atoms with Gasteiger partial charge in [0.1, 0.15) is 17.7 Å². The summed E-state index contributed by atoms with van der Waals surface area (Å²) in [6, 6.07) is 4.36. The Morgan fingerprint density at radius 3 is 2.38 bits per heavy atom. The van der Waals surface area contributed by atoms with E-state index in [0.717, 1.165) is 29.3 Å². The SMILES string of the molecule is CC(=Nc1ccc(F)c(OC2CN(C(=O)N3N=CCC3c3cc(F)cc(F)c3)C2)n1)C(C(N)=O)=C(C)N. The van der Waals surface area contributed by atoms with Crippen molar-refractivity contribution < 1.29 is 27.5 Å². The first-order chi connectivity index (χ1) is 17.5. The summed E-state index contributed by atoms with van der Waals surface area (Å²) in [5, 5.41) is 5.21. The van der Waals surface area contributed by atoms with Gasteiger partial charge in [0.2, 0.25) is 0 Å². The fraction of sp³-hybridized carbons (Fsp3) is 0.292. The van der Waals surface area contributed by atoms with Crippen molar-refractivity contribution in [3.05, 3.63) is 64.6 Å². The lowest BCUT2D eigenvalue weighted by Crippen LogP contribution is -2.59. The van der Waals surface area contributed by atoms with E-state index in [1.807, 2.05) is 0 Å². The molecule has 1 saturated heterocycles. The maximum Gasteiger partial charge on any atom is 0.341 e. The van der Waals surface area contributed by atoms with Crippen LogP contribution in [0.3, 0.4) is 0 Å². The van der Waals surface area contributed by atoms with E-state index in [9.17, 15) is 22.8 Å². The summed E-state index contributed by atoms with van der Waals surface area (Å²) in [7, 11) is 0. The number of rotatable bonds is 6. The van der Waals surface area contributed by atoms with Crippen LogP contribution in [0.4, 0.5) is 23.8 Å². The second kappa shape index (κ2) is 10.3.